The molecule has 9 heteroatoms. The van der Waals surface area contributed by atoms with Gasteiger partial charge in [-0.15, -0.1) is 0 Å². The second-order valence-electron chi connectivity index (χ2n) is 7.68. The number of carbonyl (C=O) groups is 1. The predicted molar refractivity (Wildman–Crippen MR) is 135 cm³/mol. The van der Waals surface area contributed by atoms with Gasteiger partial charge in [0.1, 0.15) is 15.8 Å². The van der Waals surface area contributed by atoms with E-state index < -0.39 is 0 Å². The van der Waals surface area contributed by atoms with Gasteiger partial charge in [0.15, 0.2) is 0 Å². The summed E-state index contributed by atoms with van der Waals surface area (Å²) < 4.78 is 2.14. The van der Waals surface area contributed by atoms with Crippen LogP contribution < -0.4 is 10.5 Å². The van der Waals surface area contributed by atoms with Crippen LogP contribution >= 0.6 is 35.7 Å². The van der Waals surface area contributed by atoms with Gasteiger partial charge in [0.25, 0.3) is 11.5 Å². The van der Waals surface area contributed by atoms with E-state index in [1.165, 1.54) is 11.8 Å². The van der Waals surface area contributed by atoms with E-state index in [1.54, 1.807) is 21.6 Å². The zero-order chi connectivity index (χ0) is 22.0. The van der Waals surface area contributed by atoms with Gasteiger partial charge in [-0.3, -0.25) is 18.9 Å². The van der Waals surface area contributed by atoms with E-state index in [1.807, 2.05) is 30.8 Å². The molecule has 0 radical (unpaired) electrons. The Morgan fingerprint density at radius 3 is 2.74 bits per heavy atom. The molecule has 6 nitrogen and oxygen atoms in total. The van der Waals surface area contributed by atoms with Crippen molar-refractivity contribution in [3.05, 3.63) is 44.7 Å². The molecule has 0 saturated carbocycles. The average Bonchev–Trinajstić information content (AvgIpc) is 3.04. The van der Waals surface area contributed by atoms with Crippen molar-refractivity contribution in [3.63, 3.8) is 0 Å². The number of unbranched alkanes of at least 4 members (excludes halogenated alkanes) is 2. The lowest BCUT2D eigenvalue weighted by Crippen LogP contribution is -2.36. The summed E-state index contributed by atoms with van der Waals surface area (Å²) in [5, 5.41) is 0. The van der Waals surface area contributed by atoms with Crippen molar-refractivity contribution in [2.75, 3.05) is 36.0 Å². The van der Waals surface area contributed by atoms with Gasteiger partial charge in [-0.05, 0) is 31.1 Å². The number of thioether (sulfide) groups is 2. The van der Waals surface area contributed by atoms with Gasteiger partial charge in [0.05, 0.1) is 10.5 Å². The quantitative estimate of drug-likeness (QED) is 0.357. The van der Waals surface area contributed by atoms with Gasteiger partial charge < -0.3 is 4.90 Å². The highest BCUT2D eigenvalue weighted by atomic mass is 32.2. The second-order valence-corrected chi connectivity index (χ2v) is 10.6. The van der Waals surface area contributed by atoms with E-state index in [9.17, 15) is 9.59 Å². The molecule has 0 N–H and O–H groups in total. The highest BCUT2D eigenvalue weighted by Gasteiger charge is 2.32. The smallest absolute Gasteiger partial charge is 0.267 e. The summed E-state index contributed by atoms with van der Waals surface area (Å²) in [5.74, 6) is 2.54. The summed E-state index contributed by atoms with van der Waals surface area (Å²) in [7, 11) is 0. The minimum Gasteiger partial charge on any atom is -0.354 e. The molecule has 0 spiro atoms. The maximum atomic E-state index is 13.5. The lowest BCUT2D eigenvalue weighted by molar-refractivity contribution is -0.122. The molecular formula is C22H26N4O2S3. The van der Waals surface area contributed by atoms with Crippen molar-refractivity contribution in [1.29, 1.82) is 0 Å². The summed E-state index contributed by atoms with van der Waals surface area (Å²) in [4.78, 5) is 35.7. The normalized spacial score (nSPS) is 18.6. The average molecular weight is 475 g/mol. The third-order valence-corrected chi connectivity index (χ3v) is 7.83. The summed E-state index contributed by atoms with van der Waals surface area (Å²) in [6.07, 6.45) is 6.51. The fraction of sp³-hybridized carbons (Fsp3) is 0.455. The number of anilines is 1. The molecule has 2 aliphatic heterocycles. The molecule has 2 saturated heterocycles. The molecule has 164 valence electrons. The largest absolute Gasteiger partial charge is 0.354 e. The Labute approximate surface area is 196 Å². The summed E-state index contributed by atoms with van der Waals surface area (Å²) in [5.41, 5.74) is 1.91. The second kappa shape index (κ2) is 9.75. The number of hydrogen-bond acceptors (Lipinski definition) is 7. The van der Waals surface area contributed by atoms with E-state index in [4.69, 9.17) is 17.2 Å². The molecule has 0 atom stereocenters. The Bertz CT molecular complexity index is 1110. The number of amides is 1. The molecule has 0 aliphatic carbocycles. The molecule has 2 fully saturated rings. The number of aryl methyl sites for hydroxylation is 1. The Balaban J connectivity index is 1.79. The summed E-state index contributed by atoms with van der Waals surface area (Å²) >= 11 is 8.64. The summed E-state index contributed by atoms with van der Waals surface area (Å²) in [6, 6.07) is 3.80. The Morgan fingerprint density at radius 2 is 2.00 bits per heavy atom. The SMILES string of the molecule is CCCCCN1C(=O)/C(=C\c2c(N3CCSCC3)nc3c(C)cccn3c2=O)SC1=S. The third-order valence-electron chi connectivity index (χ3n) is 5.51. The van der Waals surface area contributed by atoms with Crippen LogP contribution in [0.4, 0.5) is 5.82 Å². The standard InChI is InChI=1S/C22H26N4O2S3/c1-3-4-5-8-26-21(28)17(31-22(26)29)14-16-19(24-10-12-30-13-11-24)23-18-15(2)7-6-9-25(18)20(16)27/h6-7,9,14H,3-5,8,10-13H2,1-2H3/b17-14+. The van der Waals surface area contributed by atoms with Crippen LogP contribution in [-0.2, 0) is 4.79 Å². The van der Waals surface area contributed by atoms with Crippen molar-refractivity contribution in [1.82, 2.24) is 14.3 Å². The highest BCUT2D eigenvalue weighted by Crippen LogP contribution is 2.34. The number of hydrogen-bond donors (Lipinski definition) is 0. The molecule has 0 bridgehead atoms. The minimum absolute atomic E-state index is 0.111. The van der Waals surface area contributed by atoms with Gasteiger partial charge in [0, 0.05) is 37.3 Å². The van der Waals surface area contributed by atoms with Gasteiger partial charge in [-0.2, -0.15) is 11.8 Å². The van der Waals surface area contributed by atoms with Crippen LogP contribution in [0.25, 0.3) is 11.7 Å². The van der Waals surface area contributed by atoms with E-state index in [0.717, 1.165) is 49.4 Å². The van der Waals surface area contributed by atoms with Crippen LogP contribution in [0.15, 0.2) is 28.0 Å². The number of carbonyl (C=O) groups excluding carboxylic acids is 1. The third kappa shape index (κ3) is 4.54. The van der Waals surface area contributed by atoms with Crippen LogP contribution in [0.5, 0.6) is 0 Å². The van der Waals surface area contributed by atoms with Crippen LogP contribution in [0.2, 0.25) is 0 Å². The number of nitrogens with zero attached hydrogens (tertiary/aromatic N) is 4. The van der Waals surface area contributed by atoms with Crippen LogP contribution in [0, 0.1) is 6.92 Å². The molecule has 31 heavy (non-hydrogen) atoms. The first kappa shape index (κ1) is 22.4. The van der Waals surface area contributed by atoms with Crippen molar-refractivity contribution >= 4 is 63.5 Å². The zero-order valence-electron chi connectivity index (χ0n) is 17.8. The summed E-state index contributed by atoms with van der Waals surface area (Å²) in [6.45, 7) is 6.38. The van der Waals surface area contributed by atoms with Gasteiger partial charge in [-0.25, -0.2) is 4.98 Å². The molecule has 4 rings (SSSR count). The zero-order valence-corrected chi connectivity index (χ0v) is 20.2. The minimum atomic E-state index is -0.154. The van der Waals surface area contributed by atoms with Crippen LogP contribution in [-0.4, -0.2) is 55.7 Å². The molecule has 0 aromatic carbocycles. The van der Waals surface area contributed by atoms with Crippen molar-refractivity contribution in [2.45, 2.75) is 33.1 Å². The molecule has 0 unspecified atom stereocenters. The fourth-order valence-corrected chi connectivity index (χ4v) is 5.98. The van der Waals surface area contributed by atoms with Crippen molar-refractivity contribution < 1.29 is 4.79 Å². The Hall–Kier alpha value is -1.84. The topological polar surface area (TPSA) is 57.9 Å². The molecule has 2 aliphatic rings. The highest BCUT2D eigenvalue weighted by molar-refractivity contribution is 8.26. The Morgan fingerprint density at radius 1 is 1.23 bits per heavy atom. The molecule has 2 aromatic heterocycles. The number of fused-ring (bicyclic) bond motifs is 1. The van der Waals surface area contributed by atoms with E-state index >= 15 is 0 Å². The first-order chi connectivity index (χ1) is 15.0. The van der Waals surface area contributed by atoms with Gasteiger partial charge in [0.2, 0.25) is 0 Å². The molecule has 4 heterocycles. The number of pyridine rings is 1. The first-order valence-electron chi connectivity index (χ1n) is 10.6. The maximum Gasteiger partial charge on any atom is 0.267 e. The maximum absolute atomic E-state index is 13.5. The van der Waals surface area contributed by atoms with Crippen LogP contribution in [0.1, 0.15) is 37.3 Å². The monoisotopic (exact) mass is 474 g/mol. The number of rotatable bonds is 6. The van der Waals surface area contributed by atoms with E-state index in [2.05, 4.69) is 11.8 Å². The number of thiocarbonyl (C=S) groups is 1. The van der Waals surface area contributed by atoms with Crippen LogP contribution in [0.3, 0.4) is 0 Å². The number of aromatic nitrogens is 2. The molecular weight excluding hydrogens is 448 g/mol. The predicted octanol–water partition coefficient (Wildman–Crippen LogP) is 3.95. The van der Waals surface area contributed by atoms with Crippen molar-refractivity contribution in [2.24, 2.45) is 0 Å². The molecule has 1 amide bonds. The van der Waals surface area contributed by atoms with E-state index in [-0.39, 0.29) is 11.5 Å². The Kier molecular flexibility index (Phi) is 7.03. The lowest BCUT2D eigenvalue weighted by Gasteiger charge is -2.29. The van der Waals surface area contributed by atoms with Gasteiger partial charge >= 0.3 is 0 Å². The fourth-order valence-electron chi connectivity index (χ4n) is 3.79. The lowest BCUT2D eigenvalue weighted by atomic mass is 10.2. The molecule has 2 aromatic rings. The van der Waals surface area contributed by atoms with Crippen molar-refractivity contribution in [3.8, 4) is 0 Å². The first-order valence-corrected chi connectivity index (χ1v) is 13.0. The van der Waals surface area contributed by atoms with Gasteiger partial charge in [-0.1, -0.05) is 49.8 Å². The van der Waals surface area contributed by atoms with E-state index in [0.29, 0.717) is 32.8 Å².